The lowest BCUT2D eigenvalue weighted by atomic mass is 10.3. The number of carbonyl (C=O) groups excluding carboxylic acids is 1. The highest BCUT2D eigenvalue weighted by atomic mass is 16.5. The van der Waals surface area contributed by atoms with Gasteiger partial charge in [0.05, 0.1) is 18.9 Å². The molecule has 7 heteroatoms. The Labute approximate surface area is 150 Å². The van der Waals surface area contributed by atoms with E-state index in [1.807, 2.05) is 30.3 Å². The Balaban J connectivity index is 1.47. The number of amides is 1. The van der Waals surface area contributed by atoms with Crippen LogP contribution >= 0.6 is 0 Å². The zero-order valence-electron chi connectivity index (χ0n) is 14.1. The number of hydrogen-bond donors (Lipinski definition) is 1. The fourth-order valence-corrected chi connectivity index (χ4v) is 2.80. The molecule has 0 saturated carbocycles. The van der Waals surface area contributed by atoms with E-state index in [-0.39, 0.29) is 5.91 Å². The zero-order chi connectivity index (χ0) is 17.8. The third-order valence-corrected chi connectivity index (χ3v) is 4.04. The molecule has 1 fully saturated rings. The van der Waals surface area contributed by atoms with Gasteiger partial charge in [-0.25, -0.2) is 9.97 Å². The summed E-state index contributed by atoms with van der Waals surface area (Å²) in [5.41, 5.74) is 2.12. The fraction of sp³-hybridized carbons (Fsp3) is 0.211. The van der Waals surface area contributed by atoms with Gasteiger partial charge in [-0.1, -0.05) is 12.1 Å². The molecule has 0 radical (unpaired) electrons. The second-order valence-electron chi connectivity index (χ2n) is 5.82. The number of rotatable bonds is 4. The molecular formula is C19H18N4O3. The second-order valence-corrected chi connectivity index (χ2v) is 5.82. The summed E-state index contributed by atoms with van der Waals surface area (Å²) in [6.45, 7) is 2.81. The first-order valence-corrected chi connectivity index (χ1v) is 8.42. The Morgan fingerprint density at radius 2 is 2.00 bits per heavy atom. The summed E-state index contributed by atoms with van der Waals surface area (Å²) in [6.07, 6.45) is 4.68. The third kappa shape index (κ3) is 3.57. The molecule has 7 nitrogen and oxygen atoms in total. The first kappa shape index (κ1) is 16.3. The monoisotopic (exact) mass is 350 g/mol. The molecule has 1 amide bonds. The number of benzene rings is 1. The van der Waals surface area contributed by atoms with E-state index in [4.69, 9.17) is 9.15 Å². The van der Waals surface area contributed by atoms with Crippen molar-refractivity contribution in [2.24, 2.45) is 0 Å². The number of ether oxygens (including phenoxy) is 1. The quantitative estimate of drug-likeness (QED) is 0.729. The topological polar surface area (TPSA) is 80.5 Å². The molecule has 1 N–H and O–H groups in total. The highest BCUT2D eigenvalue weighted by Crippen LogP contribution is 2.23. The van der Waals surface area contributed by atoms with Crippen LogP contribution in [0.2, 0.25) is 0 Å². The maximum absolute atomic E-state index is 12.3. The molecule has 2 aromatic heterocycles. The molecule has 4 rings (SSSR count). The van der Waals surface area contributed by atoms with Crippen molar-refractivity contribution >= 4 is 34.6 Å². The Kier molecular flexibility index (Phi) is 4.61. The van der Waals surface area contributed by atoms with E-state index in [0.717, 1.165) is 24.4 Å². The van der Waals surface area contributed by atoms with Gasteiger partial charge in [-0.05, 0) is 24.3 Å². The van der Waals surface area contributed by atoms with Crippen LogP contribution in [0.4, 0.5) is 11.5 Å². The molecule has 0 aliphatic carbocycles. The van der Waals surface area contributed by atoms with Crippen molar-refractivity contribution in [1.29, 1.82) is 0 Å². The molecule has 1 aromatic carbocycles. The van der Waals surface area contributed by atoms with E-state index in [1.165, 1.54) is 6.08 Å². The van der Waals surface area contributed by atoms with Crippen LogP contribution in [0.3, 0.4) is 0 Å². The lowest BCUT2D eigenvalue weighted by Gasteiger charge is -2.29. The number of morpholine rings is 1. The number of fused-ring (bicyclic) bond motifs is 1. The number of nitrogens with one attached hydrogen (secondary N) is 1. The standard InChI is InChI=1S/C19H18N4O3/c24-17(7-8-18-22-14-4-1-2-6-16(14)26-18)21-15-5-3-9-20-19(15)23-10-12-25-13-11-23/h1-9H,10-13H2,(H,21,24)/b8-7+. The average Bonchev–Trinajstić information content (AvgIpc) is 3.11. The lowest BCUT2D eigenvalue weighted by Crippen LogP contribution is -2.37. The smallest absolute Gasteiger partial charge is 0.248 e. The van der Waals surface area contributed by atoms with E-state index < -0.39 is 0 Å². The molecule has 1 aliphatic heterocycles. The van der Waals surface area contributed by atoms with Gasteiger partial charge in [0.15, 0.2) is 11.4 Å². The molecule has 3 aromatic rings. The Morgan fingerprint density at radius 3 is 2.85 bits per heavy atom. The Bertz CT molecular complexity index is 912. The van der Waals surface area contributed by atoms with Gasteiger partial charge in [-0.3, -0.25) is 4.79 Å². The van der Waals surface area contributed by atoms with E-state index in [9.17, 15) is 4.79 Å². The number of para-hydroxylation sites is 2. The number of carbonyl (C=O) groups is 1. The van der Waals surface area contributed by atoms with Gasteiger partial charge in [-0.2, -0.15) is 0 Å². The maximum atomic E-state index is 12.3. The van der Waals surface area contributed by atoms with Crippen LogP contribution in [-0.2, 0) is 9.53 Å². The highest BCUT2D eigenvalue weighted by molar-refractivity contribution is 6.03. The number of anilines is 2. The molecule has 1 saturated heterocycles. The minimum absolute atomic E-state index is 0.269. The first-order chi connectivity index (χ1) is 12.8. The summed E-state index contributed by atoms with van der Waals surface area (Å²) < 4.78 is 10.9. The summed E-state index contributed by atoms with van der Waals surface area (Å²) >= 11 is 0. The molecule has 3 heterocycles. The summed E-state index contributed by atoms with van der Waals surface area (Å²) in [7, 11) is 0. The second kappa shape index (κ2) is 7.37. The predicted octanol–water partition coefficient (Wildman–Crippen LogP) is 2.71. The maximum Gasteiger partial charge on any atom is 0.248 e. The normalized spacial score (nSPS) is 14.8. The Hall–Kier alpha value is -3.19. The average molecular weight is 350 g/mol. The first-order valence-electron chi connectivity index (χ1n) is 8.42. The van der Waals surface area contributed by atoms with Gasteiger partial charge < -0.3 is 19.4 Å². The molecule has 132 valence electrons. The van der Waals surface area contributed by atoms with E-state index in [1.54, 1.807) is 18.3 Å². The minimum Gasteiger partial charge on any atom is -0.437 e. The van der Waals surface area contributed by atoms with Gasteiger partial charge >= 0.3 is 0 Å². The van der Waals surface area contributed by atoms with Crippen LogP contribution in [0.1, 0.15) is 5.89 Å². The lowest BCUT2D eigenvalue weighted by molar-refractivity contribution is -0.111. The van der Waals surface area contributed by atoms with Crippen molar-refractivity contribution in [3.05, 3.63) is 54.6 Å². The van der Waals surface area contributed by atoms with Crippen molar-refractivity contribution in [3.8, 4) is 0 Å². The largest absolute Gasteiger partial charge is 0.437 e. The number of nitrogens with zero attached hydrogens (tertiary/aromatic N) is 3. The fourth-order valence-electron chi connectivity index (χ4n) is 2.80. The predicted molar refractivity (Wildman–Crippen MR) is 98.9 cm³/mol. The van der Waals surface area contributed by atoms with Crippen LogP contribution in [0.5, 0.6) is 0 Å². The van der Waals surface area contributed by atoms with Crippen molar-refractivity contribution in [2.75, 3.05) is 36.5 Å². The molecule has 26 heavy (non-hydrogen) atoms. The number of hydrogen-bond acceptors (Lipinski definition) is 6. The SMILES string of the molecule is O=C(/C=C/c1nc2ccccc2o1)Nc1cccnc1N1CCOCC1. The van der Waals surface area contributed by atoms with Crippen LogP contribution in [-0.4, -0.2) is 42.2 Å². The van der Waals surface area contributed by atoms with Gasteiger partial charge in [0.1, 0.15) is 5.52 Å². The minimum atomic E-state index is -0.269. The van der Waals surface area contributed by atoms with Gasteiger partial charge in [-0.15, -0.1) is 0 Å². The third-order valence-electron chi connectivity index (χ3n) is 4.04. The molecule has 0 unspecified atom stereocenters. The molecule has 1 aliphatic rings. The molecule has 0 spiro atoms. The van der Waals surface area contributed by atoms with Crippen LogP contribution in [0, 0.1) is 0 Å². The van der Waals surface area contributed by atoms with Gasteiger partial charge in [0.25, 0.3) is 0 Å². The summed E-state index contributed by atoms with van der Waals surface area (Å²) in [5, 5.41) is 2.87. The van der Waals surface area contributed by atoms with Crippen molar-refractivity contribution < 1.29 is 13.9 Å². The van der Waals surface area contributed by atoms with Crippen LogP contribution in [0.15, 0.2) is 53.1 Å². The summed E-state index contributed by atoms with van der Waals surface area (Å²) in [5.74, 6) is 0.870. The van der Waals surface area contributed by atoms with Crippen molar-refractivity contribution in [3.63, 3.8) is 0 Å². The van der Waals surface area contributed by atoms with Crippen LogP contribution in [0.25, 0.3) is 17.2 Å². The zero-order valence-corrected chi connectivity index (χ0v) is 14.1. The van der Waals surface area contributed by atoms with E-state index in [0.29, 0.717) is 30.4 Å². The van der Waals surface area contributed by atoms with E-state index in [2.05, 4.69) is 20.2 Å². The number of pyridine rings is 1. The van der Waals surface area contributed by atoms with Gasteiger partial charge in [0.2, 0.25) is 11.8 Å². The van der Waals surface area contributed by atoms with E-state index >= 15 is 0 Å². The Morgan fingerprint density at radius 1 is 1.15 bits per heavy atom. The van der Waals surface area contributed by atoms with Crippen molar-refractivity contribution in [1.82, 2.24) is 9.97 Å². The number of aromatic nitrogens is 2. The highest BCUT2D eigenvalue weighted by Gasteiger charge is 2.16. The molecule has 0 bridgehead atoms. The number of oxazole rings is 1. The summed E-state index contributed by atoms with van der Waals surface area (Å²) in [6, 6.07) is 11.1. The van der Waals surface area contributed by atoms with Crippen molar-refractivity contribution in [2.45, 2.75) is 0 Å². The van der Waals surface area contributed by atoms with Crippen LogP contribution < -0.4 is 10.2 Å². The molecule has 0 atom stereocenters. The molecular weight excluding hydrogens is 332 g/mol. The summed E-state index contributed by atoms with van der Waals surface area (Å²) in [4.78, 5) is 23.1. The van der Waals surface area contributed by atoms with Gasteiger partial charge in [0, 0.05) is 31.4 Å².